The lowest BCUT2D eigenvalue weighted by Gasteiger charge is -2.20. The lowest BCUT2D eigenvalue weighted by molar-refractivity contribution is -0.156. The number of fused-ring (bicyclic) bond motifs is 1. The van der Waals surface area contributed by atoms with Crippen LogP contribution in [-0.4, -0.2) is 61.7 Å². The van der Waals surface area contributed by atoms with Gasteiger partial charge >= 0.3 is 11.9 Å². The van der Waals surface area contributed by atoms with Gasteiger partial charge in [-0.2, -0.15) is 0 Å². The van der Waals surface area contributed by atoms with Crippen LogP contribution in [0.25, 0.3) is 0 Å². The Kier molecular flexibility index (Phi) is 7.16. The number of esters is 2. The van der Waals surface area contributed by atoms with E-state index in [1.165, 1.54) is 0 Å². The molecule has 2 fully saturated rings. The van der Waals surface area contributed by atoms with E-state index in [1.807, 2.05) is 60.7 Å². The molecule has 170 valence electrons. The summed E-state index contributed by atoms with van der Waals surface area (Å²) in [6.07, 6.45) is -1.46. The maximum atomic E-state index is 12.5. The quantitative estimate of drug-likeness (QED) is 0.577. The number of rotatable bonds is 8. The molecule has 8 heteroatoms. The smallest absolute Gasteiger partial charge is 0.323 e. The van der Waals surface area contributed by atoms with Gasteiger partial charge in [-0.15, -0.1) is 0 Å². The average Bonchev–Trinajstić information content (AvgIpc) is 3.38. The Morgan fingerprint density at radius 1 is 0.750 bits per heavy atom. The van der Waals surface area contributed by atoms with Gasteiger partial charge in [0.15, 0.2) is 12.2 Å². The molecule has 4 N–H and O–H groups in total. The highest BCUT2D eigenvalue weighted by Gasteiger charge is 2.51. The predicted octanol–water partition coefficient (Wildman–Crippen LogP) is 0.748. The molecule has 0 aliphatic carbocycles. The molecule has 2 aliphatic heterocycles. The third-order valence-electron chi connectivity index (χ3n) is 5.70. The summed E-state index contributed by atoms with van der Waals surface area (Å²) in [5, 5.41) is 0. The Bertz CT molecular complexity index is 834. The molecular formula is C24H28N2O6. The van der Waals surface area contributed by atoms with Crippen molar-refractivity contribution < 1.29 is 28.5 Å². The second kappa shape index (κ2) is 10.2. The second-order valence-corrected chi connectivity index (χ2v) is 8.14. The molecule has 2 aliphatic rings. The topological polar surface area (TPSA) is 123 Å². The van der Waals surface area contributed by atoms with Crippen molar-refractivity contribution >= 4 is 11.9 Å². The van der Waals surface area contributed by atoms with E-state index in [0.717, 1.165) is 11.1 Å². The van der Waals surface area contributed by atoms with Crippen molar-refractivity contribution in [3.05, 3.63) is 71.8 Å². The molecule has 0 unspecified atom stereocenters. The van der Waals surface area contributed by atoms with E-state index < -0.39 is 48.4 Å². The number of carbonyl (C=O) groups excluding carboxylic acids is 2. The van der Waals surface area contributed by atoms with Gasteiger partial charge in [-0.05, 0) is 24.0 Å². The van der Waals surface area contributed by atoms with Gasteiger partial charge in [0.2, 0.25) is 0 Å². The van der Waals surface area contributed by atoms with Crippen molar-refractivity contribution in [1.82, 2.24) is 0 Å². The highest BCUT2D eigenvalue weighted by atomic mass is 16.7. The van der Waals surface area contributed by atoms with Crippen LogP contribution < -0.4 is 11.5 Å². The predicted molar refractivity (Wildman–Crippen MR) is 115 cm³/mol. The zero-order valence-electron chi connectivity index (χ0n) is 17.7. The van der Waals surface area contributed by atoms with Crippen molar-refractivity contribution in [3.63, 3.8) is 0 Å². The maximum Gasteiger partial charge on any atom is 0.323 e. The summed E-state index contributed by atoms with van der Waals surface area (Å²) in [6.45, 7) is 0.312. The number of ether oxygens (including phenoxy) is 4. The number of carbonyl (C=O) groups is 2. The normalized spacial score (nSPS) is 26.2. The molecule has 32 heavy (non-hydrogen) atoms. The van der Waals surface area contributed by atoms with Crippen LogP contribution in [0.1, 0.15) is 11.1 Å². The highest BCUT2D eigenvalue weighted by Crippen LogP contribution is 2.31. The molecule has 0 radical (unpaired) electrons. The largest absolute Gasteiger partial charge is 0.456 e. The Morgan fingerprint density at radius 2 is 1.12 bits per heavy atom. The van der Waals surface area contributed by atoms with Gasteiger partial charge in [0.1, 0.15) is 24.3 Å². The fourth-order valence-electron chi connectivity index (χ4n) is 4.01. The van der Waals surface area contributed by atoms with E-state index in [2.05, 4.69) is 0 Å². The summed E-state index contributed by atoms with van der Waals surface area (Å²) >= 11 is 0. The van der Waals surface area contributed by atoms with Gasteiger partial charge in [-0.25, -0.2) is 0 Å². The number of nitrogens with two attached hydrogens (primary N) is 2. The molecule has 6 atom stereocenters. The molecular weight excluding hydrogens is 412 g/mol. The van der Waals surface area contributed by atoms with Crippen LogP contribution >= 0.6 is 0 Å². The minimum atomic E-state index is -0.789. The van der Waals surface area contributed by atoms with Gasteiger partial charge in [0.25, 0.3) is 0 Å². The van der Waals surface area contributed by atoms with E-state index in [1.54, 1.807) is 0 Å². The van der Waals surface area contributed by atoms with Crippen molar-refractivity contribution in [2.75, 3.05) is 13.2 Å². The van der Waals surface area contributed by atoms with Crippen LogP contribution in [-0.2, 0) is 41.4 Å². The second-order valence-electron chi connectivity index (χ2n) is 8.14. The average molecular weight is 440 g/mol. The fourth-order valence-corrected chi connectivity index (χ4v) is 4.01. The van der Waals surface area contributed by atoms with Crippen LogP contribution in [0.3, 0.4) is 0 Å². The molecule has 4 rings (SSSR count). The summed E-state index contributed by atoms with van der Waals surface area (Å²) in [6, 6.07) is 17.4. The number of hydrogen-bond acceptors (Lipinski definition) is 8. The number of hydrogen-bond donors (Lipinski definition) is 2. The van der Waals surface area contributed by atoms with Gasteiger partial charge in [0.05, 0.1) is 13.2 Å². The van der Waals surface area contributed by atoms with Crippen molar-refractivity contribution in [2.45, 2.75) is 49.3 Å². The first-order valence-electron chi connectivity index (χ1n) is 10.7. The maximum absolute atomic E-state index is 12.5. The zero-order valence-corrected chi connectivity index (χ0v) is 17.7. The Morgan fingerprint density at radius 3 is 1.50 bits per heavy atom. The monoisotopic (exact) mass is 440 g/mol. The van der Waals surface area contributed by atoms with E-state index >= 15 is 0 Å². The molecule has 0 saturated carbocycles. The van der Waals surface area contributed by atoms with Gasteiger partial charge in [-0.3, -0.25) is 9.59 Å². The Hall–Kier alpha value is -2.78. The minimum absolute atomic E-state index is 0.156. The zero-order chi connectivity index (χ0) is 22.5. The lowest BCUT2D eigenvalue weighted by atomic mass is 10.1. The van der Waals surface area contributed by atoms with E-state index in [9.17, 15) is 9.59 Å². The molecule has 2 saturated heterocycles. The van der Waals surface area contributed by atoms with E-state index in [-0.39, 0.29) is 13.2 Å². The fraction of sp³-hybridized carbons (Fsp3) is 0.417. The minimum Gasteiger partial charge on any atom is -0.456 e. The molecule has 0 spiro atoms. The van der Waals surface area contributed by atoms with Crippen molar-refractivity contribution in [2.24, 2.45) is 11.5 Å². The molecule has 2 heterocycles. The van der Waals surface area contributed by atoms with Crippen LogP contribution in [0.15, 0.2) is 60.7 Å². The Labute approximate surface area is 186 Å². The summed E-state index contributed by atoms with van der Waals surface area (Å²) in [5.74, 6) is -1.03. The number of benzene rings is 2. The summed E-state index contributed by atoms with van der Waals surface area (Å²) in [5.41, 5.74) is 13.9. The Balaban J connectivity index is 1.26. The summed E-state index contributed by atoms with van der Waals surface area (Å²) in [7, 11) is 0. The standard InChI is InChI=1S/C24H28N2O6/c25-17(11-15-7-3-1-4-8-15)23(27)31-19-13-29-22-20(14-30-21(19)22)32-24(28)18(26)12-16-9-5-2-6-10-16/h1-10,17-22H,11-14,25-26H2/t17-,18-,19-,20+,21+,22+/m0/s1. The van der Waals surface area contributed by atoms with Crippen LogP contribution in [0.5, 0.6) is 0 Å². The van der Waals surface area contributed by atoms with Crippen LogP contribution in [0, 0.1) is 0 Å². The third-order valence-corrected chi connectivity index (χ3v) is 5.70. The van der Waals surface area contributed by atoms with Crippen LogP contribution in [0.4, 0.5) is 0 Å². The first-order valence-corrected chi connectivity index (χ1v) is 10.7. The summed E-state index contributed by atoms with van der Waals surface area (Å²) < 4.78 is 22.6. The van der Waals surface area contributed by atoms with Crippen molar-refractivity contribution in [3.8, 4) is 0 Å². The molecule has 0 bridgehead atoms. The van der Waals surface area contributed by atoms with Gasteiger partial charge < -0.3 is 30.4 Å². The van der Waals surface area contributed by atoms with E-state index in [4.69, 9.17) is 30.4 Å². The molecule has 2 aromatic rings. The van der Waals surface area contributed by atoms with Crippen LogP contribution in [0.2, 0.25) is 0 Å². The van der Waals surface area contributed by atoms with E-state index in [0.29, 0.717) is 12.8 Å². The molecule has 0 amide bonds. The molecule has 2 aromatic carbocycles. The first kappa shape index (κ1) is 22.4. The molecule has 8 nitrogen and oxygen atoms in total. The summed E-state index contributed by atoms with van der Waals surface area (Å²) in [4.78, 5) is 24.9. The third kappa shape index (κ3) is 5.34. The SMILES string of the molecule is N[C@@H](Cc1ccccc1)C(=O)O[C@H]1CO[C@H]2[C@@H]1OC[C@H]2OC(=O)[C@@H](N)Cc1ccccc1. The first-order chi connectivity index (χ1) is 15.5. The van der Waals surface area contributed by atoms with Gasteiger partial charge in [-0.1, -0.05) is 60.7 Å². The molecule has 0 aromatic heterocycles. The highest BCUT2D eigenvalue weighted by molar-refractivity contribution is 5.76. The lowest BCUT2D eigenvalue weighted by Crippen LogP contribution is -2.42. The van der Waals surface area contributed by atoms with Gasteiger partial charge in [0, 0.05) is 0 Å². The van der Waals surface area contributed by atoms with Crippen molar-refractivity contribution in [1.29, 1.82) is 0 Å².